The molecule has 0 bridgehead atoms. The summed E-state index contributed by atoms with van der Waals surface area (Å²) < 4.78 is 19.6. The third-order valence-electron chi connectivity index (χ3n) is 4.76. The minimum absolute atomic E-state index is 0.0159. The van der Waals surface area contributed by atoms with Gasteiger partial charge in [0.1, 0.15) is 11.6 Å². The number of esters is 1. The quantitative estimate of drug-likeness (QED) is 0.542. The normalized spacial score (nSPS) is 16.1. The van der Waals surface area contributed by atoms with Crippen LogP contribution in [-0.4, -0.2) is 5.97 Å². The lowest BCUT2D eigenvalue weighted by molar-refractivity contribution is 0.0730. The highest BCUT2D eigenvalue weighted by Gasteiger charge is 2.22. The summed E-state index contributed by atoms with van der Waals surface area (Å²) in [6, 6.07) is 12.0. The summed E-state index contributed by atoms with van der Waals surface area (Å²) in [7, 11) is 0. The molecular formula is C21H22FO2. The third kappa shape index (κ3) is 3.84. The van der Waals surface area contributed by atoms with Crippen molar-refractivity contribution in [3.63, 3.8) is 0 Å². The van der Waals surface area contributed by atoms with E-state index in [2.05, 4.69) is 6.92 Å². The van der Waals surface area contributed by atoms with Crippen LogP contribution in [0.1, 0.15) is 60.0 Å². The second-order valence-electron chi connectivity index (χ2n) is 6.67. The Morgan fingerprint density at radius 2 is 1.71 bits per heavy atom. The van der Waals surface area contributed by atoms with Crippen molar-refractivity contribution in [1.82, 2.24) is 0 Å². The summed E-state index contributed by atoms with van der Waals surface area (Å²) in [6.45, 7) is 4.13. The van der Waals surface area contributed by atoms with Crippen LogP contribution >= 0.6 is 0 Å². The van der Waals surface area contributed by atoms with Crippen LogP contribution in [0, 0.1) is 18.7 Å². The fraction of sp³-hybridized carbons (Fsp3) is 0.333. The molecule has 0 saturated heterocycles. The Balaban J connectivity index is 1.72. The summed E-state index contributed by atoms with van der Waals surface area (Å²) in [4.78, 5) is 12.2. The molecule has 3 rings (SSSR count). The topological polar surface area (TPSA) is 26.3 Å². The van der Waals surface area contributed by atoms with E-state index in [0.29, 0.717) is 11.7 Å². The van der Waals surface area contributed by atoms with Crippen molar-refractivity contribution in [2.45, 2.75) is 45.4 Å². The molecule has 1 fully saturated rings. The van der Waals surface area contributed by atoms with Crippen LogP contribution in [0.2, 0.25) is 0 Å². The van der Waals surface area contributed by atoms with Gasteiger partial charge in [0.2, 0.25) is 0 Å². The highest BCUT2D eigenvalue weighted by atomic mass is 19.1. The van der Waals surface area contributed by atoms with Gasteiger partial charge in [0.25, 0.3) is 0 Å². The summed E-state index contributed by atoms with van der Waals surface area (Å²) in [5.41, 5.74) is 2.04. The van der Waals surface area contributed by atoms with E-state index < -0.39 is 11.8 Å². The minimum Gasteiger partial charge on any atom is -0.423 e. The van der Waals surface area contributed by atoms with Crippen molar-refractivity contribution in [3.05, 3.63) is 70.9 Å². The van der Waals surface area contributed by atoms with Gasteiger partial charge < -0.3 is 4.74 Å². The first-order chi connectivity index (χ1) is 11.5. The van der Waals surface area contributed by atoms with E-state index in [9.17, 15) is 9.18 Å². The van der Waals surface area contributed by atoms with E-state index in [0.717, 1.165) is 36.8 Å². The van der Waals surface area contributed by atoms with E-state index in [-0.39, 0.29) is 5.56 Å². The number of hydrogen-bond donors (Lipinski definition) is 0. The Hall–Kier alpha value is -2.16. The van der Waals surface area contributed by atoms with Crippen LogP contribution in [-0.2, 0) is 0 Å². The lowest BCUT2D eigenvalue weighted by Gasteiger charge is -2.26. The van der Waals surface area contributed by atoms with Gasteiger partial charge in [-0.3, -0.25) is 0 Å². The lowest BCUT2D eigenvalue weighted by atomic mass is 9.79. The molecular weight excluding hydrogens is 303 g/mol. The maximum absolute atomic E-state index is 14.4. The molecule has 3 heteroatoms. The first-order valence-corrected chi connectivity index (χ1v) is 8.42. The van der Waals surface area contributed by atoms with Crippen LogP contribution in [0.4, 0.5) is 4.39 Å². The monoisotopic (exact) mass is 325 g/mol. The summed E-state index contributed by atoms with van der Waals surface area (Å²) in [6.07, 6.45) is 4.31. The van der Waals surface area contributed by atoms with E-state index in [1.54, 1.807) is 18.2 Å². The molecule has 1 saturated carbocycles. The molecule has 2 aromatic rings. The first-order valence-electron chi connectivity index (χ1n) is 8.42. The highest BCUT2D eigenvalue weighted by Crippen LogP contribution is 2.36. The molecule has 1 aliphatic rings. The van der Waals surface area contributed by atoms with Gasteiger partial charge in [-0.2, -0.15) is 0 Å². The Labute approximate surface area is 142 Å². The fourth-order valence-electron chi connectivity index (χ4n) is 3.16. The smallest absolute Gasteiger partial charge is 0.346 e. The minimum atomic E-state index is -0.657. The molecule has 1 aliphatic carbocycles. The molecule has 0 unspecified atom stereocenters. The van der Waals surface area contributed by atoms with Crippen molar-refractivity contribution < 1.29 is 13.9 Å². The molecule has 1 radical (unpaired) electrons. The molecule has 24 heavy (non-hydrogen) atoms. The van der Waals surface area contributed by atoms with Crippen LogP contribution in [0.5, 0.6) is 5.75 Å². The first kappa shape index (κ1) is 16.7. The second-order valence-corrected chi connectivity index (χ2v) is 6.67. The number of aryl methyl sites for hydroxylation is 1. The van der Waals surface area contributed by atoms with E-state index in [1.807, 2.05) is 25.1 Å². The van der Waals surface area contributed by atoms with Crippen molar-refractivity contribution in [2.75, 3.05) is 0 Å². The van der Waals surface area contributed by atoms with E-state index in [4.69, 9.17) is 4.74 Å². The molecule has 0 heterocycles. The largest absolute Gasteiger partial charge is 0.423 e. The number of ether oxygens (including phenoxy) is 1. The Kier molecular flexibility index (Phi) is 4.98. The predicted molar refractivity (Wildman–Crippen MR) is 92.7 cm³/mol. The molecule has 0 amide bonds. The molecule has 0 aliphatic heterocycles. The molecule has 2 aromatic carbocycles. The predicted octanol–water partition coefficient (Wildman–Crippen LogP) is 5.61. The lowest BCUT2D eigenvalue weighted by Crippen LogP contribution is -2.13. The zero-order valence-electron chi connectivity index (χ0n) is 14.1. The molecule has 0 spiro atoms. The van der Waals surface area contributed by atoms with E-state index >= 15 is 0 Å². The van der Waals surface area contributed by atoms with Gasteiger partial charge in [0.15, 0.2) is 0 Å². The van der Waals surface area contributed by atoms with Crippen LogP contribution in [0.15, 0.2) is 42.5 Å². The summed E-state index contributed by atoms with van der Waals surface area (Å²) in [5.74, 6) is 1.16. The van der Waals surface area contributed by atoms with Gasteiger partial charge in [-0.15, -0.1) is 0 Å². The summed E-state index contributed by atoms with van der Waals surface area (Å²) in [5, 5.41) is 0. The van der Waals surface area contributed by atoms with Gasteiger partial charge in [0.05, 0.1) is 5.56 Å². The molecule has 125 valence electrons. The van der Waals surface area contributed by atoms with Gasteiger partial charge in [0, 0.05) is 0 Å². The Morgan fingerprint density at radius 1 is 1.04 bits per heavy atom. The fourth-order valence-corrected chi connectivity index (χ4v) is 3.16. The van der Waals surface area contributed by atoms with Crippen LogP contribution < -0.4 is 4.74 Å². The van der Waals surface area contributed by atoms with Crippen LogP contribution in [0.3, 0.4) is 0 Å². The van der Waals surface area contributed by atoms with Crippen LogP contribution in [0.25, 0.3) is 0 Å². The van der Waals surface area contributed by atoms with Gasteiger partial charge in [-0.05, 0) is 74.3 Å². The Morgan fingerprint density at radius 3 is 2.33 bits per heavy atom. The number of carbonyl (C=O) groups is 1. The van der Waals surface area contributed by atoms with Crippen molar-refractivity contribution in [1.29, 1.82) is 0 Å². The molecule has 2 nitrogen and oxygen atoms in total. The number of halogens is 1. The zero-order valence-corrected chi connectivity index (χ0v) is 14.1. The number of benzene rings is 2. The number of rotatable bonds is 3. The zero-order chi connectivity index (χ0) is 17.1. The van der Waals surface area contributed by atoms with E-state index in [1.165, 1.54) is 12.0 Å². The average molecular weight is 325 g/mol. The van der Waals surface area contributed by atoms with Crippen molar-refractivity contribution in [3.8, 4) is 5.75 Å². The maximum Gasteiger partial charge on any atom is 0.346 e. The van der Waals surface area contributed by atoms with Crippen molar-refractivity contribution >= 4 is 5.97 Å². The SMILES string of the molecule is C[C]1CCC(c2ccc(C(=O)Oc3ccc(C)cc3)c(F)c2)CC1. The third-order valence-corrected chi connectivity index (χ3v) is 4.76. The molecule has 0 atom stereocenters. The average Bonchev–Trinajstić information content (AvgIpc) is 2.57. The van der Waals surface area contributed by atoms with Gasteiger partial charge >= 0.3 is 5.97 Å². The Bertz CT molecular complexity index is 713. The van der Waals surface area contributed by atoms with Crippen molar-refractivity contribution in [2.24, 2.45) is 0 Å². The molecule has 0 N–H and O–H groups in total. The second kappa shape index (κ2) is 7.16. The number of hydrogen-bond acceptors (Lipinski definition) is 2. The maximum atomic E-state index is 14.4. The van der Waals surface area contributed by atoms with Gasteiger partial charge in [-0.1, -0.05) is 30.7 Å². The summed E-state index contributed by atoms with van der Waals surface area (Å²) >= 11 is 0. The standard InChI is InChI=1S/C21H22FO2/c1-14-3-7-16(8-4-14)17-9-12-19(20(22)13-17)21(23)24-18-10-5-15(2)6-11-18/h5-6,9-13,16H,3-4,7-8H2,1-2H3. The molecule has 0 aromatic heterocycles. The van der Waals surface area contributed by atoms with Gasteiger partial charge in [-0.25, -0.2) is 9.18 Å². The highest BCUT2D eigenvalue weighted by molar-refractivity contribution is 5.91. The number of carbonyl (C=O) groups excluding carboxylic acids is 1.